The zero-order valence-corrected chi connectivity index (χ0v) is 47.7. The van der Waals surface area contributed by atoms with Gasteiger partial charge in [-0.05, 0) is 99.6 Å². The van der Waals surface area contributed by atoms with E-state index in [-0.39, 0.29) is 58.1 Å². The first-order valence-corrected chi connectivity index (χ1v) is 30.7. The summed E-state index contributed by atoms with van der Waals surface area (Å²) in [5.74, 6) is -1.12. The molecular weight excluding hydrogens is 849 g/mol. The van der Waals surface area contributed by atoms with E-state index in [0.717, 1.165) is 45.2 Å². The van der Waals surface area contributed by atoms with Crippen LogP contribution in [0.15, 0.2) is 12.2 Å². The molecule has 4 atom stereocenters. The van der Waals surface area contributed by atoms with Crippen LogP contribution in [0.5, 0.6) is 0 Å². The van der Waals surface area contributed by atoms with Gasteiger partial charge in [0.25, 0.3) is 0 Å². The molecule has 2 aliphatic carbocycles. The highest BCUT2D eigenvalue weighted by atomic mass is 16.6. The van der Waals surface area contributed by atoms with Crippen molar-refractivity contribution >= 4 is 11.9 Å². The lowest BCUT2D eigenvalue weighted by molar-refractivity contribution is -0.178. The lowest BCUT2D eigenvalue weighted by Gasteiger charge is -2.55. The number of hydrogen-bond acceptors (Lipinski definition) is 6. The average molecular weight is 966 g/mol. The Bertz CT molecular complexity index is 1290. The molecule has 0 amide bonds. The van der Waals surface area contributed by atoms with Gasteiger partial charge in [0, 0.05) is 47.8 Å². The van der Waals surface area contributed by atoms with Crippen molar-refractivity contribution in [3.63, 3.8) is 0 Å². The Balaban J connectivity index is 1.12. The van der Waals surface area contributed by atoms with Crippen molar-refractivity contribution in [1.29, 1.82) is 0 Å². The van der Waals surface area contributed by atoms with Gasteiger partial charge in [0.05, 0.1) is 11.8 Å². The second kappa shape index (κ2) is 31.4. The summed E-state index contributed by atoms with van der Waals surface area (Å²) in [4.78, 5) is 34.0. The highest BCUT2D eigenvalue weighted by Crippen LogP contribution is 2.51. The second-order valence-corrected chi connectivity index (χ2v) is 26.1. The van der Waals surface area contributed by atoms with E-state index in [1.807, 2.05) is 0 Å². The molecule has 4 aliphatic rings. The van der Waals surface area contributed by atoms with Crippen LogP contribution in [0.4, 0.5) is 0 Å². The van der Waals surface area contributed by atoms with Gasteiger partial charge in [-0.25, -0.2) is 0 Å². The number of unbranched alkanes of at least 4 members (excludes halogenated alkanes) is 30. The Morgan fingerprint density at radius 1 is 0.377 bits per heavy atom. The van der Waals surface area contributed by atoms with Crippen LogP contribution in [0.25, 0.3) is 0 Å². The summed E-state index contributed by atoms with van der Waals surface area (Å²) in [5, 5.41) is 0. The topological polar surface area (TPSA) is 59.1 Å². The van der Waals surface area contributed by atoms with Crippen molar-refractivity contribution < 1.29 is 19.1 Å². The minimum atomic E-state index is -0.446. The van der Waals surface area contributed by atoms with Gasteiger partial charge in [0.2, 0.25) is 0 Å². The highest BCUT2D eigenvalue weighted by Gasteiger charge is 2.55. The summed E-state index contributed by atoms with van der Waals surface area (Å²) in [6.07, 6.45) is 52.7. The van der Waals surface area contributed by atoms with Crippen molar-refractivity contribution in [3.8, 4) is 0 Å². The molecule has 0 aromatic heterocycles. The van der Waals surface area contributed by atoms with E-state index in [1.54, 1.807) is 0 Å². The molecule has 0 radical (unpaired) electrons. The third-order valence-corrected chi connectivity index (χ3v) is 17.9. The Hall–Kier alpha value is -1.40. The SMILES string of the molecule is CCCCCCCCCCCCCCCCCCN1C(C)(C)CC(OC(=O)C2C3C=CC(C3)C2C(=O)OC2CC(C)(C)N(CCCCCCCCCCCCCCCCCC)C(C)(C)C2)CC1(C)C. The van der Waals surface area contributed by atoms with E-state index in [0.29, 0.717) is 0 Å². The van der Waals surface area contributed by atoms with Crippen LogP contribution in [0.1, 0.15) is 307 Å². The molecule has 3 fully saturated rings. The fraction of sp³-hybridized carbons (Fsp3) is 0.937. The van der Waals surface area contributed by atoms with Gasteiger partial charge in [-0.2, -0.15) is 0 Å². The van der Waals surface area contributed by atoms with Gasteiger partial charge in [-0.15, -0.1) is 0 Å². The third-order valence-electron chi connectivity index (χ3n) is 17.9. The molecular formula is C63H116N2O4. The molecule has 0 aromatic rings. The summed E-state index contributed by atoms with van der Waals surface area (Å²) >= 11 is 0. The number of carbonyl (C=O) groups is 2. The normalized spacial score (nSPS) is 24.3. The van der Waals surface area contributed by atoms with Crippen LogP contribution in [-0.4, -0.2) is 69.2 Å². The van der Waals surface area contributed by atoms with Crippen LogP contribution in [0, 0.1) is 23.7 Å². The van der Waals surface area contributed by atoms with Crippen LogP contribution < -0.4 is 0 Å². The maximum Gasteiger partial charge on any atom is 0.310 e. The van der Waals surface area contributed by atoms with Crippen LogP contribution in [-0.2, 0) is 19.1 Å². The van der Waals surface area contributed by atoms with E-state index in [4.69, 9.17) is 9.47 Å². The number of hydrogen-bond donors (Lipinski definition) is 0. The maximum atomic E-state index is 14.3. The third kappa shape index (κ3) is 20.8. The fourth-order valence-corrected chi connectivity index (χ4v) is 14.4. The van der Waals surface area contributed by atoms with Gasteiger partial charge in [-0.1, -0.05) is 219 Å². The number of fused-ring (bicyclic) bond motifs is 2. The van der Waals surface area contributed by atoms with Gasteiger partial charge in [0.15, 0.2) is 0 Å². The Morgan fingerprint density at radius 3 is 0.826 bits per heavy atom. The number of allylic oxidation sites excluding steroid dienone is 2. The molecule has 2 aliphatic heterocycles. The van der Waals surface area contributed by atoms with Gasteiger partial charge >= 0.3 is 11.9 Å². The molecule has 6 heteroatoms. The Kier molecular flexibility index (Phi) is 27.3. The number of likely N-dealkylation sites (tertiary alicyclic amines) is 2. The van der Waals surface area contributed by atoms with Gasteiger partial charge in [0.1, 0.15) is 12.2 Å². The number of rotatable bonds is 38. The van der Waals surface area contributed by atoms with Gasteiger partial charge in [-0.3, -0.25) is 19.4 Å². The van der Waals surface area contributed by atoms with Crippen molar-refractivity contribution in [2.24, 2.45) is 23.7 Å². The molecule has 0 aromatic carbocycles. The average Bonchev–Trinajstić information content (AvgIpc) is 3.90. The van der Waals surface area contributed by atoms with Crippen LogP contribution >= 0.6 is 0 Å². The molecule has 2 bridgehead atoms. The minimum absolute atomic E-state index is 0.0607. The molecule has 0 N–H and O–H groups in total. The molecule has 4 rings (SSSR count). The summed E-state index contributed by atoms with van der Waals surface area (Å²) in [6.45, 7) is 25.5. The number of nitrogens with zero attached hydrogens (tertiary/aromatic N) is 2. The zero-order chi connectivity index (χ0) is 50.2. The minimum Gasteiger partial charge on any atom is -0.462 e. The number of carbonyl (C=O) groups excluding carboxylic acids is 2. The standard InChI is InChI=1S/C63H116N2O4/c1-11-13-15-17-19-21-23-25-27-29-31-33-35-37-39-41-45-64-60(3,4)48-54(49-61(64,5)6)68-58(66)56-52-43-44-53(47-52)57(56)59(67)69-55-50-62(7,8)65(63(9,10)51-55)46-42-40-38-36-34-32-30-28-26-24-22-20-18-16-14-12-2/h43-44,52-57H,11-42,45-51H2,1-10H3. The number of piperidine rings is 2. The number of ether oxygens (including phenoxy) is 2. The van der Waals surface area contributed by atoms with Crippen molar-refractivity contribution in [3.05, 3.63) is 12.2 Å². The molecule has 1 saturated carbocycles. The predicted molar refractivity (Wildman–Crippen MR) is 295 cm³/mol. The van der Waals surface area contributed by atoms with Crippen molar-refractivity contribution in [2.45, 2.75) is 341 Å². The first-order valence-electron chi connectivity index (χ1n) is 30.7. The maximum absolute atomic E-state index is 14.3. The second-order valence-electron chi connectivity index (χ2n) is 26.1. The van der Waals surface area contributed by atoms with Crippen LogP contribution in [0.2, 0.25) is 0 Å². The quantitative estimate of drug-likeness (QED) is 0.0349. The van der Waals surface area contributed by atoms with Crippen molar-refractivity contribution in [2.75, 3.05) is 13.1 Å². The molecule has 402 valence electrons. The smallest absolute Gasteiger partial charge is 0.310 e. The Morgan fingerprint density at radius 2 is 0.594 bits per heavy atom. The molecule has 2 heterocycles. The van der Waals surface area contributed by atoms with Crippen molar-refractivity contribution in [1.82, 2.24) is 9.80 Å². The Labute approximate surface area is 429 Å². The molecule has 2 saturated heterocycles. The first-order chi connectivity index (χ1) is 33.0. The van der Waals surface area contributed by atoms with Crippen LogP contribution in [0.3, 0.4) is 0 Å². The van der Waals surface area contributed by atoms with E-state index >= 15 is 0 Å². The van der Waals surface area contributed by atoms with E-state index in [9.17, 15) is 9.59 Å². The summed E-state index contributed by atoms with van der Waals surface area (Å²) in [6, 6.07) is 0. The first kappa shape index (κ1) is 60.2. The zero-order valence-electron chi connectivity index (χ0n) is 47.7. The lowest BCUT2D eigenvalue weighted by atomic mass is 9.77. The summed E-state index contributed by atoms with van der Waals surface area (Å²) < 4.78 is 13.1. The highest BCUT2D eigenvalue weighted by molar-refractivity contribution is 5.84. The van der Waals surface area contributed by atoms with E-state index in [2.05, 4.69) is 91.2 Å². The number of esters is 2. The van der Waals surface area contributed by atoms with E-state index in [1.165, 1.54) is 205 Å². The predicted octanol–water partition coefficient (Wildman–Crippen LogP) is 18.1. The van der Waals surface area contributed by atoms with E-state index < -0.39 is 11.8 Å². The molecule has 0 spiro atoms. The summed E-state index contributed by atoms with van der Waals surface area (Å²) in [7, 11) is 0. The molecule has 4 unspecified atom stereocenters. The molecule has 69 heavy (non-hydrogen) atoms. The molecule has 6 nitrogen and oxygen atoms in total. The lowest BCUT2D eigenvalue weighted by Crippen LogP contribution is -2.62. The fourth-order valence-electron chi connectivity index (χ4n) is 14.4. The summed E-state index contributed by atoms with van der Waals surface area (Å²) in [5.41, 5.74) is -0.295. The van der Waals surface area contributed by atoms with Gasteiger partial charge < -0.3 is 9.47 Å². The monoisotopic (exact) mass is 965 g/mol. The largest absolute Gasteiger partial charge is 0.462 e.